The number of nitrogens with one attached hydrogen (secondary N) is 4. The van der Waals surface area contributed by atoms with Gasteiger partial charge in [0.15, 0.2) is 0 Å². The molecular formula is C99H120F2N8O4. The van der Waals surface area contributed by atoms with E-state index in [1.807, 2.05) is 42.9 Å². The van der Waals surface area contributed by atoms with Gasteiger partial charge in [-0.2, -0.15) is 4.39 Å². The molecule has 8 heterocycles. The Labute approximate surface area is 669 Å². The first-order chi connectivity index (χ1) is 54.2. The molecule has 0 bridgehead atoms. The number of fused-ring (bicyclic) bond motifs is 23. The molecule has 0 radical (unpaired) electrons. The quantitative estimate of drug-likeness (QED) is 0.146. The van der Waals surface area contributed by atoms with Crippen molar-refractivity contribution in [1.29, 1.82) is 0 Å². The summed E-state index contributed by atoms with van der Waals surface area (Å²) >= 11 is 0. The first kappa shape index (κ1) is 76.3. The Morgan fingerprint density at radius 3 is 1.64 bits per heavy atom. The normalized spacial score (nSPS) is 41.6. The largest absolute Gasteiger partial charge is 0.353 e. The Morgan fingerprint density at radius 1 is 0.434 bits per heavy atom. The van der Waals surface area contributed by atoms with Crippen LogP contribution < -0.4 is 21.3 Å². The van der Waals surface area contributed by atoms with Crippen molar-refractivity contribution in [3.8, 4) is 0 Å². The maximum absolute atomic E-state index is 13.8. The summed E-state index contributed by atoms with van der Waals surface area (Å²) in [6.07, 6.45) is 56.5. The molecule has 10 fully saturated rings. The molecule has 13 aliphatic carbocycles. The van der Waals surface area contributed by atoms with Gasteiger partial charge in [0.25, 0.3) is 0 Å². The van der Waals surface area contributed by atoms with Gasteiger partial charge >= 0.3 is 0 Å². The summed E-state index contributed by atoms with van der Waals surface area (Å²) < 4.78 is 27.1. The lowest BCUT2D eigenvalue weighted by Crippen LogP contribution is -2.54. The number of carbonyl (C=O) groups is 4. The standard InChI is InChI=1S/C25H29FN2O.C25H30N2O.C25H34N2O.C24H27FN2O/c1-15-12-17-19-6-5-18(16-4-7-22(26)28-14-16)24(19,2)9-8-20(17)25(3)10-11-27-23(29)13-21(15)25;1-24-8-7-20-23(19(24)6-5-18(24)15-4-3-10-26-14-15)17-12-16(17)21-13-22(28)27-11-9-25(20,21)2;1-16-19-7-6-18-21-9-8-20(17-5-4-14-26-15-17)25(21,3)12-10-22(18)24(19,2)13-11-23(28)27-16;1-23-9-10-27-22(28)12-16(23)3-4-18-20-6-5-19(15-11-17(25)14-26-13-15)24(20,2)8-7-21(18)23/h4-7,13-15,17,20H,8-12H2,1-3H3,(H,27,29);3-5,10,13-14,16-17,19-20,23H,6-9,11-12H2,1-2H3,(H,27,28);4-5,8,14-16,18-19,21-22H,6-7,9-13H2,1-3H3,(H,27,28);5-6,11-14,18,21H,3-4,7-10H2,1-2H3,(H,27,28)/t15?,17-,20-,24+,25+;16?,17?,19-,20-,23-,24+,25+;16?,18-,19?,21-,22-,24-,25+;18-,21-,23-,24+/m0000/s1. The van der Waals surface area contributed by atoms with E-state index < -0.39 is 5.95 Å². The first-order valence-electron chi connectivity index (χ1n) is 43.8. The summed E-state index contributed by atoms with van der Waals surface area (Å²) in [6.45, 7) is 26.4. The predicted octanol–water partition coefficient (Wildman–Crippen LogP) is 19.7. The molecule has 21 rings (SSSR count). The maximum atomic E-state index is 13.8. The van der Waals surface area contributed by atoms with Crippen molar-refractivity contribution >= 4 is 45.9 Å². The Bertz CT molecular complexity index is 4800. The van der Waals surface area contributed by atoms with Crippen molar-refractivity contribution in [2.45, 2.75) is 210 Å². The maximum Gasteiger partial charge on any atom is 0.243 e. The SMILES string of the molecule is CC1C[C@H]2C3=CC=C(c4ccc(F)nc4)[C@@]3(C)CC[C@@H]2[C@@]2(C)CCNC(=O)C=C12.CC1NC(=O)CC[C@@]2(C)C1CC[C@@H]1[C@@H]2CC[C@]2(C)C(c3cccnc3)=CC[C@@H]12.C[C@]12CCNC(=O)C=C1C1CC1[C@@H]1[C@@H]2CC[C@]2(C)C(c3cccnc3)=CC[C@@H]12.C[C@]12CC[C@H]3[C@@H](CCC4=CC(=O)NCC[C@@]43C)C1=CC=C2c1cncc(F)c1. The molecule has 4 amide bonds. The number of carbonyl (C=O) groups excluding carboxylic acids is 4. The van der Waals surface area contributed by atoms with Crippen molar-refractivity contribution in [3.05, 3.63) is 202 Å². The molecule has 12 nitrogen and oxygen atoms in total. The molecule has 0 spiro atoms. The average molecular weight is 1520 g/mol. The highest BCUT2D eigenvalue weighted by Crippen LogP contribution is 2.75. The number of amides is 4. The summed E-state index contributed by atoms with van der Waals surface area (Å²) in [7, 11) is 0. The molecule has 4 aliphatic heterocycles. The van der Waals surface area contributed by atoms with Crippen LogP contribution in [-0.2, 0) is 19.2 Å². The van der Waals surface area contributed by atoms with Gasteiger partial charge in [-0.15, -0.1) is 0 Å². The van der Waals surface area contributed by atoms with Crippen LogP contribution in [0.3, 0.4) is 0 Å². The first-order valence-corrected chi connectivity index (χ1v) is 43.8. The van der Waals surface area contributed by atoms with Crippen molar-refractivity contribution in [2.24, 2.45) is 126 Å². The molecule has 113 heavy (non-hydrogen) atoms. The van der Waals surface area contributed by atoms with Crippen LogP contribution in [0.2, 0.25) is 0 Å². The third kappa shape index (κ3) is 12.4. The fourth-order valence-electron chi connectivity index (χ4n) is 29.4. The number of hydrogen-bond acceptors (Lipinski definition) is 8. The van der Waals surface area contributed by atoms with Crippen LogP contribution in [0.15, 0.2) is 168 Å². The van der Waals surface area contributed by atoms with Crippen LogP contribution in [0.1, 0.15) is 226 Å². The summed E-state index contributed by atoms with van der Waals surface area (Å²) in [5.41, 5.74) is 18.6. The van der Waals surface area contributed by atoms with Crippen LogP contribution in [0.5, 0.6) is 0 Å². The molecule has 9 saturated carbocycles. The van der Waals surface area contributed by atoms with Crippen LogP contribution in [0.25, 0.3) is 22.3 Å². The zero-order chi connectivity index (χ0) is 78.5. The summed E-state index contributed by atoms with van der Waals surface area (Å²) in [4.78, 5) is 65.5. The van der Waals surface area contributed by atoms with E-state index >= 15 is 0 Å². The minimum Gasteiger partial charge on any atom is -0.353 e. The lowest BCUT2D eigenvalue weighted by atomic mass is 9.45. The molecule has 1 saturated heterocycles. The Hall–Kier alpha value is -8.00. The number of nitrogens with zero attached hydrogens (tertiary/aromatic N) is 4. The van der Waals surface area contributed by atoms with E-state index in [1.165, 1.54) is 120 Å². The Morgan fingerprint density at radius 2 is 1.00 bits per heavy atom. The van der Waals surface area contributed by atoms with Gasteiger partial charge in [-0.05, 0) is 326 Å². The molecular weight excluding hydrogens is 1400 g/mol. The van der Waals surface area contributed by atoms with Crippen LogP contribution in [0.4, 0.5) is 8.78 Å². The van der Waals surface area contributed by atoms with E-state index in [0.29, 0.717) is 59.3 Å². The fourth-order valence-corrected chi connectivity index (χ4v) is 29.4. The van der Waals surface area contributed by atoms with Crippen molar-refractivity contribution < 1.29 is 28.0 Å². The summed E-state index contributed by atoms with van der Waals surface area (Å²) in [5.74, 6) is 9.16. The Kier molecular flexibility index (Phi) is 19.2. The molecule has 4 aromatic rings. The van der Waals surface area contributed by atoms with Gasteiger partial charge in [0.05, 0.1) is 6.20 Å². The number of halogens is 2. The van der Waals surface area contributed by atoms with Gasteiger partial charge in [-0.3, -0.25) is 34.1 Å². The van der Waals surface area contributed by atoms with Gasteiger partial charge in [0.1, 0.15) is 5.82 Å². The minimum atomic E-state index is -0.431. The van der Waals surface area contributed by atoms with Gasteiger partial charge in [-0.1, -0.05) is 139 Å². The lowest BCUT2D eigenvalue weighted by molar-refractivity contribution is -0.121. The van der Waals surface area contributed by atoms with Crippen LogP contribution >= 0.6 is 0 Å². The highest BCUT2D eigenvalue weighted by molar-refractivity contribution is 5.90. The van der Waals surface area contributed by atoms with Crippen LogP contribution in [0, 0.1) is 138 Å². The zero-order valence-electron chi connectivity index (χ0n) is 68.6. The molecule has 4 N–H and O–H groups in total. The summed E-state index contributed by atoms with van der Waals surface area (Å²) in [5, 5.41) is 12.5. The number of allylic oxidation sites excluding steroid dienone is 15. The van der Waals surface area contributed by atoms with E-state index in [1.54, 1.807) is 29.6 Å². The second-order valence-corrected chi connectivity index (χ2v) is 40.1. The molecule has 5 unspecified atom stereocenters. The smallest absolute Gasteiger partial charge is 0.243 e. The van der Waals surface area contributed by atoms with Crippen molar-refractivity contribution in [1.82, 2.24) is 41.2 Å². The highest BCUT2D eigenvalue weighted by Gasteiger charge is 2.67. The molecule has 23 atom stereocenters. The molecule has 594 valence electrons. The second-order valence-electron chi connectivity index (χ2n) is 40.1. The molecule has 0 aromatic carbocycles. The molecule has 4 aromatic heterocycles. The van der Waals surface area contributed by atoms with E-state index in [9.17, 15) is 28.0 Å². The molecule has 17 aliphatic rings. The summed E-state index contributed by atoms with van der Waals surface area (Å²) in [6, 6.07) is 13.9. The van der Waals surface area contributed by atoms with E-state index in [4.69, 9.17) is 0 Å². The van der Waals surface area contributed by atoms with Gasteiger partial charge in [0.2, 0.25) is 29.6 Å². The molecule has 14 heteroatoms. The number of aromatic nitrogens is 4. The van der Waals surface area contributed by atoms with Crippen LogP contribution in [-0.4, -0.2) is 69.2 Å². The number of rotatable bonds is 4. The van der Waals surface area contributed by atoms with Gasteiger partial charge in [-0.25, -0.2) is 9.37 Å². The third-order valence-electron chi connectivity index (χ3n) is 35.1. The van der Waals surface area contributed by atoms with E-state index in [0.717, 1.165) is 143 Å². The monoisotopic (exact) mass is 1520 g/mol. The van der Waals surface area contributed by atoms with Crippen molar-refractivity contribution in [2.75, 3.05) is 19.6 Å². The van der Waals surface area contributed by atoms with E-state index in [2.05, 4.69) is 177 Å². The zero-order valence-corrected chi connectivity index (χ0v) is 68.6. The van der Waals surface area contributed by atoms with E-state index in [-0.39, 0.29) is 67.4 Å². The number of hydrogen-bond donors (Lipinski definition) is 4. The second kappa shape index (κ2) is 28.4. The number of pyridine rings is 4. The minimum absolute atomic E-state index is 0.00320. The third-order valence-corrected chi connectivity index (χ3v) is 35.1. The Balaban J connectivity index is 0.000000105. The topological polar surface area (TPSA) is 168 Å². The predicted molar refractivity (Wildman–Crippen MR) is 442 cm³/mol. The van der Waals surface area contributed by atoms with Gasteiger partial charge in [0, 0.05) is 98.3 Å². The highest BCUT2D eigenvalue weighted by atomic mass is 19.1. The fraction of sp³-hybridized carbons (Fsp3) is 0.576. The van der Waals surface area contributed by atoms with Crippen molar-refractivity contribution in [3.63, 3.8) is 0 Å². The lowest BCUT2D eigenvalue weighted by Gasteiger charge is -2.59. The average Bonchev–Trinajstić information content (AvgIpc) is 1.53. The van der Waals surface area contributed by atoms with Gasteiger partial charge < -0.3 is 21.3 Å².